The van der Waals surface area contributed by atoms with Crippen molar-refractivity contribution in [3.63, 3.8) is 0 Å². The molecule has 1 rings (SSSR count). The highest BCUT2D eigenvalue weighted by Gasteiger charge is 2.34. The SMILES string of the molecule is CCCC1C(=O)CCC(F)C1C. The van der Waals surface area contributed by atoms with Gasteiger partial charge < -0.3 is 0 Å². The zero-order valence-corrected chi connectivity index (χ0v) is 7.85. The Hall–Kier alpha value is -0.400. The standard InChI is InChI=1S/C10H17FO/c1-3-4-8-7(2)9(11)5-6-10(8)12/h7-9H,3-6H2,1-2H3. The second-order valence-electron chi connectivity index (χ2n) is 3.78. The fourth-order valence-electron chi connectivity index (χ4n) is 2.01. The fourth-order valence-corrected chi connectivity index (χ4v) is 2.01. The van der Waals surface area contributed by atoms with E-state index in [4.69, 9.17) is 0 Å². The molecule has 0 radical (unpaired) electrons. The van der Waals surface area contributed by atoms with E-state index in [2.05, 4.69) is 0 Å². The van der Waals surface area contributed by atoms with Gasteiger partial charge in [-0.15, -0.1) is 0 Å². The normalized spacial score (nSPS) is 36.9. The number of rotatable bonds is 2. The topological polar surface area (TPSA) is 17.1 Å². The van der Waals surface area contributed by atoms with Crippen LogP contribution in [0.15, 0.2) is 0 Å². The summed E-state index contributed by atoms with van der Waals surface area (Å²) in [7, 11) is 0. The van der Waals surface area contributed by atoms with Crippen molar-refractivity contribution >= 4 is 5.78 Å². The van der Waals surface area contributed by atoms with E-state index in [1.807, 2.05) is 13.8 Å². The smallest absolute Gasteiger partial charge is 0.136 e. The molecule has 0 aliphatic heterocycles. The molecule has 0 amide bonds. The van der Waals surface area contributed by atoms with Crippen molar-refractivity contribution < 1.29 is 9.18 Å². The van der Waals surface area contributed by atoms with Crippen molar-refractivity contribution in [3.05, 3.63) is 0 Å². The van der Waals surface area contributed by atoms with Gasteiger partial charge in [0, 0.05) is 12.3 Å². The molecule has 0 bridgehead atoms. The molecule has 1 fully saturated rings. The van der Waals surface area contributed by atoms with Gasteiger partial charge in [0.1, 0.15) is 12.0 Å². The minimum atomic E-state index is -0.751. The van der Waals surface area contributed by atoms with Gasteiger partial charge in [0.05, 0.1) is 0 Å². The first-order valence-electron chi connectivity index (χ1n) is 4.83. The van der Waals surface area contributed by atoms with Crippen LogP contribution in [-0.4, -0.2) is 12.0 Å². The van der Waals surface area contributed by atoms with Crippen LogP contribution in [0.25, 0.3) is 0 Å². The molecule has 0 saturated heterocycles. The highest BCUT2D eigenvalue weighted by atomic mass is 19.1. The first kappa shape index (κ1) is 9.69. The highest BCUT2D eigenvalue weighted by molar-refractivity contribution is 5.82. The number of halogens is 1. The summed E-state index contributed by atoms with van der Waals surface area (Å²) >= 11 is 0. The molecule has 0 heterocycles. The van der Waals surface area contributed by atoms with Crippen LogP contribution in [0.3, 0.4) is 0 Å². The molecule has 0 aromatic rings. The first-order valence-corrected chi connectivity index (χ1v) is 4.83. The lowest BCUT2D eigenvalue weighted by molar-refractivity contribution is -0.128. The Bertz CT molecular complexity index is 167. The van der Waals surface area contributed by atoms with Gasteiger partial charge in [0.15, 0.2) is 0 Å². The maximum absolute atomic E-state index is 13.2. The Morgan fingerprint density at radius 2 is 2.25 bits per heavy atom. The summed E-state index contributed by atoms with van der Waals surface area (Å²) in [4.78, 5) is 11.4. The maximum Gasteiger partial charge on any atom is 0.136 e. The second kappa shape index (κ2) is 4.01. The summed E-state index contributed by atoms with van der Waals surface area (Å²) in [5.74, 6) is 0.225. The van der Waals surface area contributed by atoms with Crippen molar-refractivity contribution in [1.82, 2.24) is 0 Å². The van der Waals surface area contributed by atoms with Crippen LogP contribution >= 0.6 is 0 Å². The summed E-state index contributed by atoms with van der Waals surface area (Å²) in [5.41, 5.74) is 0. The van der Waals surface area contributed by atoms with E-state index in [1.54, 1.807) is 0 Å². The Morgan fingerprint density at radius 1 is 1.58 bits per heavy atom. The summed E-state index contributed by atoms with van der Waals surface area (Å²) in [6.45, 7) is 3.91. The predicted molar refractivity (Wildman–Crippen MR) is 46.7 cm³/mol. The van der Waals surface area contributed by atoms with Crippen LogP contribution < -0.4 is 0 Å². The molecule has 1 aliphatic carbocycles. The number of carbonyl (C=O) groups is 1. The molecule has 0 aromatic carbocycles. The number of hydrogen-bond donors (Lipinski definition) is 0. The Labute approximate surface area is 73.3 Å². The van der Waals surface area contributed by atoms with Crippen molar-refractivity contribution in [1.29, 1.82) is 0 Å². The molecule has 0 N–H and O–H groups in total. The lowest BCUT2D eigenvalue weighted by atomic mass is 9.76. The molecule has 3 unspecified atom stereocenters. The monoisotopic (exact) mass is 172 g/mol. The third-order valence-corrected chi connectivity index (χ3v) is 2.88. The van der Waals surface area contributed by atoms with Crippen LogP contribution in [0.5, 0.6) is 0 Å². The minimum Gasteiger partial charge on any atom is -0.299 e. The number of ketones is 1. The molecule has 3 atom stereocenters. The van der Waals surface area contributed by atoms with Gasteiger partial charge in [0.2, 0.25) is 0 Å². The zero-order chi connectivity index (χ0) is 9.14. The third-order valence-electron chi connectivity index (χ3n) is 2.88. The van der Waals surface area contributed by atoms with E-state index >= 15 is 0 Å². The number of Topliss-reactive ketones (excluding diaryl/α,β-unsaturated/α-hetero) is 1. The van der Waals surface area contributed by atoms with Crippen LogP contribution in [0.2, 0.25) is 0 Å². The average Bonchev–Trinajstić information content (AvgIpc) is 2.06. The van der Waals surface area contributed by atoms with E-state index in [0.717, 1.165) is 12.8 Å². The van der Waals surface area contributed by atoms with Gasteiger partial charge in [-0.2, -0.15) is 0 Å². The van der Waals surface area contributed by atoms with Crippen LogP contribution in [0, 0.1) is 11.8 Å². The first-order chi connectivity index (χ1) is 5.66. The molecular formula is C10H17FO. The zero-order valence-electron chi connectivity index (χ0n) is 7.85. The molecule has 70 valence electrons. The maximum atomic E-state index is 13.2. The molecule has 1 saturated carbocycles. The van der Waals surface area contributed by atoms with Gasteiger partial charge in [-0.1, -0.05) is 20.3 Å². The number of hydrogen-bond acceptors (Lipinski definition) is 1. The summed E-state index contributed by atoms with van der Waals surface area (Å²) < 4.78 is 13.2. The van der Waals surface area contributed by atoms with Crippen molar-refractivity contribution in [2.45, 2.75) is 45.7 Å². The molecule has 0 aromatic heterocycles. The van der Waals surface area contributed by atoms with E-state index in [-0.39, 0.29) is 17.6 Å². The highest BCUT2D eigenvalue weighted by Crippen LogP contribution is 2.32. The van der Waals surface area contributed by atoms with E-state index in [1.165, 1.54) is 0 Å². The third kappa shape index (κ3) is 1.85. The van der Waals surface area contributed by atoms with E-state index in [9.17, 15) is 9.18 Å². The Morgan fingerprint density at radius 3 is 2.83 bits per heavy atom. The molecule has 1 nitrogen and oxygen atoms in total. The predicted octanol–water partition coefficient (Wildman–Crippen LogP) is 2.74. The lowest BCUT2D eigenvalue weighted by Gasteiger charge is -2.30. The van der Waals surface area contributed by atoms with Gasteiger partial charge in [-0.05, 0) is 18.8 Å². The summed E-state index contributed by atoms with van der Waals surface area (Å²) in [5, 5.41) is 0. The van der Waals surface area contributed by atoms with Crippen molar-refractivity contribution in [2.75, 3.05) is 0 Å². The molecule has 1 aliphatic rings. The van der Waals surface area contributed by atoms with Crippen LogP contribution in [0.1, 0.15) is 39.5 Å². The molecular weight excluding hydrogens is 155 g/mol. The van der Waals surface area contributed by atoms with Crippen LogP contribution in [-0.2, 0) is 4.79 Å². The minimum absolute atomic E-state index is 0.00116. The quantitative estimate of drug-likeness (QED) is 0.626. The number of carbonyl (C=O) groups excluding carboxylic acids is 1. The molecule has 0 spiro atoms. The van der Waals surface area contributed by atoms with E-state index < -0.39 is 6.17 Å². The molecule has 12 heavy (non-hydrogen) atoms. The fraction of sp³-hybridized carbons (Fsp3) is 0.900. The van der Waals surface area contributed by atoms with Gasteiger partial charge in [-0.3, -0.25) is 4.79 Å². The number of alkyl halides is 1. The van der Waals surface area contributed by atoms with Gasteiger partial charge in [0.25, 0.3) is 0 Å². The van der Waals surface area contributed by atoms with E-state index in [0.29, 0.717) is 12.8 Å². The lowest BCUT2D eigenvalue weighted by Crippen LogP contribution is -2.34. The Kier molecular flexibility index (Phi) is 3.24. The van der Waals surface area contributed by atoms with Crippen molar-refractivity contribution in [2.24, 2.45) is 11.8 Å². The second-order valence-corrected chi connectivity index (χ2v) is 3.78. The van der Waals surface area contributed by atoms with Gasteiger partial charge in [-0.25, -0.2) is 4.39 Å². The average molecular weight is 172 g/mol. The summed E-state index contributed by atoms with van der Waals surface area (Å²) in [6, 6.07) is 0. The Balaban J connectivity index is 2.58. The van der Waals surface area contributed by atoms with Crippen LogP contribution in [0.4, 0.5) is 4.39 Å². The molecule has 2 heteroatoms. The largest absolute Gasteiger partial charge is 0.299 e. The summed E-state index contributed by atoms with van der Waals surface area (Å²) in [6.07, 6.45) is 1.99. The van der Waals surface area contributed by atoms with Gasteiger partial charge >= 0.3 is 0 Å². The van der Waals surface area contributed by atoms with Crippen molar-refractivity contribution in [3.8, 4) is 0 Å².